The number of piperazine rings is 1. The van der Waals surface area contributed by atoms with Gasteiger partial charge in [0.15, 0.2) is 5.96 Å². The van der Waals surface area contributed by atoms with Crippen molar-refractivity contribution in [1.82, 2.24) is 10.2 Å². The summed E-state index contributed by atoms with van der Waals surface area (Å²) in [7, 11) is 0. The Morgan fingerprint density at radius 2 is 1.96 bits per heavy atom. The molecule has 8 heteroatoms. The first-order valence-corrected chi connectivity index (χ1v) is 9.60. The first-order chi connectivity index (χ1) is 12.7. The molecule has 2 heterocycles. The van der Waals surface area contributed by atoms with Crippen molar-refractivity contribution in [1.29, 1.82) is 0 Å². The minimum atomic E-state index is -0.385. The van der Waals surface area contributed by atoms with E-state index in [2.05, 4.69) is 39.6 Å². The van der Waals surface area contributed by atoms with Crippen molar-refractivity contribution in [2.75, 3.05) is 37.6 Å². The number of nitrogens with zero attached hydrogens (tertiary/aromatic N) is 4. The number of thiophene rings is 1. The molecule has 0 radical (unpaired) electrons. The van der Waals surface area contributed by atoms with E-state index < -0.39 is 0 Å². The Kier molecular flexibility index (Phi) is 6.06. The molecule has 26 heavy (non-hydrogen) atoms. The number of guanidine groups is 1. The summed E-state index contributed by atoms with van der Waals surface area (Å²) in [6.07, 6.45) is 0. The average Bonchev–Trinajstić information content (AvgIpc) is 3.20. The van der Waals surface area contributed by atoms with Gasteiger partial charge in [0.1, 0.15) is 0 Å². The number of hydrogen-bond acceptors (Lipinski definition) is 5. The second-order valence-corrected chi connectivity index (χ2v) is 6.95. The molecule has 1 fully saturated rings. The van der Waals surface area contributed by atoms with E-state index >= 15 is 0 Å². The summed E-state index contributed by atoms with van der Waals surface area (Å²) in [5.41, 5.74) is 1.07. The smallest absolute Gasteiger partial charge is 0.269 e. The van der Waals surface area contributed by atoms with Crippen molar-refractivity contribution in [2.45, 2.75) is 13.5 Å². The Bertz CT molecular complexity index is 737. The number of benzene rings is 1. The maximum Gasteiger partial charge on any atom is 0.269 e. The van der Waals surface area contributed by atoms with Crippen LogP contribution < -0.4 is 10.2 Å². The normalized spacial score (nSPS) is 15.2. The van der Waals surface area contributed by atoms with Crippen LogP contribution in [0.1, 0.15) is 12.5 Å². The molecule has 0 saturated carbocycles. The highest BCUT2D eigenvalue weighted by molar-refractivity contribution is 7.14. The molecule has 0 aliphatic carbocycles. The highest BCUT2D eigenvalue weighted by atomic mass is 32.1. The lowest BCUT2D eigenvalue weighted by molar-refractivity contribution is -0.384. The van der Waals surface area contributed by atoms with E-state index in [0.717, 1.165) is 44.2 Å². The third-order valence-electron chi connectivity index (χ3n) is 4.29. The van der Waals surface area contributed by atoms with Gasteiger partial charge in [-0.3, -0.25) is 10.1 Å². The molecule has 1 saturated heterocycles. The quantitative estimate of drug-likeness (QED) is 0.377. The van der Waals surface area contributed by atoms with Gasteiger partial charge >= 0.3 is 0 Å². The topological polar surface area (TPSA) is 74.0 Å². The van der Waals surface area contributed by atoms with E-state index in [1.54, 1.807) is 23.5 Å². The molecule has 1 aromatic carbocycles. The van der Waals surface area contributed by atoms with Crippen molar-refractivity contribution in [3.05, 3.63) is 57.5 Å². The third-order valence-corrected chi connectivity index (χ3v) is 5.22. The largest absolute Gasteiger partial charge is 0.360 e. The summed E-state index contributed by atoms with van der Waals surface area (Å²) in [6, 6.07) is 10.8. The molecule has 7 nitrogen and oxygen atoms in total. The molecular weight excluding hydrogens is 350 g/mol. The first-order valence-electron chi connectivity index (χ1n) is 8.72. The minimum absolute atomic E-state index is 0.106. The first kappa shape index (κ1) is 18.2. The number of hydrogen-bond donors (Lipinski definition) is 1. The third kappa shape index (κ3) is 4.51. The lowest BCUT2D eigenvalue weighted by atomic mass is 10.2. The van der Waals surface area contributed by atoms with Gasteiger partial charge < -0.3 is 15.1 Å². The van der Waals surface area contributed by atoms with Crippen molar-refractivity contribution in [2.24, 2.45) is 4.99 Å². The highest BCUT2D eigenvalue weighted by Crippen LogP contribution is 2.22. The summed E-state index contributed by atoms with van der Waals surface area (Å²) < 4.78 is 0. The molecule has 2 aromatic rings. The van der Waals surface area contributed by atoms with Gasteiger partial charge in [0.2, 0.25) is 0 Å². The van der Waals surface area contributed by atoms with Crippen molar-refractivity contribution in [3.63, 3.8) is 0 Å². The number of non-ortho nitro benzene ring substituents is 1. The predicted molar refractivity (Wildman–Crippen MR) is 106 cm³/mol. The maximum absolute atomic E-state index is 10.7. The zero-order valence-corrected chi connectivity index (χ0v) is 15.6. The monoisotopic (exact) mass is 373 g/mol. The van der Waals surface area contributed by atoms with Gasteiger partial charge in [-0.05, 0) is 30.0 Å². The van der Waals surface area contributed by atoms with E-state index in [1.807, 2.05) is 0 Å². The SMILES string of the molecule is CCNC(=NCc1ccc([N+](=O)[O-])cc1)N1CCN(c2cccs2)CC1. The fourth-order valence-electron chi connectivity index (χ4n) is 2.90. The van der Waals surface area contributed by atoms with Gasteiger partial charge in [0, 0.05) is 44.9 Å². The Balaban J connectivity index is 1.61. The Hall–Kier alpha value is -2.61. The van der Waals surface area contributed by atoms with Gasteiger partial charge in [-0.2, -0.15) is 0 Å². The highest BCUT2D eigenvalue weighted by Gasteiger charge is 2.20. The predicted octanol–water partition coefficient (Wildman–Crippen LogP) is 2.94. The zero-order chi connectivity index (χ0) is 18.4. The minimum Gasteiger partial charge on any atom is -0.360 e. The number of aliphatic imine (C=N–C) groups is 1. The lowest BCUT2D eigenvalue weighted by Crippen LogP contribution is -2.52. The van der Waals surface area contributed by atoms with Crippen LogP contribution in [-0.2, 0) is 6.54 Å². The Labute approximate surface area is 157 Å². The molecular formula is C18H23N5O2S. The van der Waals surface area contributed by atoms with Gasteiger partial charge in [0.25, 0.3) is 5.69 Å². The fourth-order valence-corrected chi connectivity index (χ4v) is 3.69. The van der Waals surface area contributed by atoms with Crippen molar-refractivity contribution >= 4 is 28.0 Å². The van der Waals surface area contributed by atoms with E-state index in [-0.39, 0.29) is 10.6 Å². The maximum atomic E-state index is 10.7. The van der Waals surface area contributed by atoms with Crippen LogP contribution in [0.5, 0.6) is 0 Å². The average molecular weight is 373 g/mol. The summed E-state index contributed by atoms with van der Waals surface area (Å²) in [5, 5.41) is 17.5. The number of rotatable bonds is 5. The molecule has 0 bridgehead atoms. The van der Waals surface area contributed by atoms with Gasteiger partial charge in [-0.1, -0.05) is 12.1 Å². The van der Waals surface area contributed by atoms with E-state index in [4.69, 9.17) is 4.99 Å². The number of nitrogens with one attached hydrogen (secondary N) is 1. The molecule has 1 aliphatic heterocycles. The molecule has 1 aliphatic rings. The van der Waals surface area contributed by atoms with Crippen LogP contribution in [0.15, 0.2) is 46.8 Å². The van der Waals surface area contributed by atoms with Gasteiger partial charge in [0.05, 0.1) is 16.5 Å². The zero-order valence-electron chi connectivity index (χ0n) is 14.8. The van der Waals surface area contributed by atoms with Crippen LogP contribution in [0.2, 0.25) is 0 Å². The Morgan fingerprint density at radius 3 is 2.54 bits per heavy atom. The molecule has 0 atom stereocenters. The molecule has 1 aromatic heterocycles. The second kappa shape index (κ2) is 8.66. The number of nitro groups is 1. The van der Waals surface area contributed by atoms with Crippen LogP contribution in [0, 0.1) is 10.1 Å². The second-order valence-electron chi connectivity index (χ2n) is 6.02. The molecule has 138 valence electrons. The van der Waals surface area contributed by atoms with Crippen LogP contribution in [-0.4, -0.2) is 48.5 Å². The molecule has 0 amide bonds. The van der Waals surface area contributed by atoms with Gasteiger partial charge in [-0.15, -0.1) is 11.3 Å². The van der Waals surface area contributed by atoms with Crippen molar-refractivity contribution in [3.8, 4) is 0 Å². The summed E-state index contributed by atoms with van der Waals surface area (Å²) in [5.74, 6) is 0.900. The lowest BCUT2D eigenvalue weighted by Gasteiger charge is -2.37. The van der Waals surface area contributed by atoms with E-state index in [1.165, 1.54) is 17.1 Å². The number of nitro benzene ring substituents is 1. The molecule has 0 spiro atoms. The van der Waals surface area contributed by atoms with Crippen LogP contribution in [0.25, 0.3) is 0 Å². The summed E-state index contributed by atoms with van der Waals surface area (Å²) in [6.45, 7) is 7.16. The van der Waals surface area contributed by atoms with Crippen LogP contribution in [0.4, 0.5) is 10.7 Å². The molecule has 1 N–H and O–H groups in total. The van der Waals surface area contributed by atoms with Crippen molar-refractivity contribution < 1.29 is 4.92 Å². The Morgan fingerprint density at radius 1 is 1.23 bits per heavy atom. The van der Waals surface area contributed by atoms with Crippen LogP contribution >= 0.6 is 11.3 Å². The fraction of sp³-hybridized carbons (Fsp3) is 0.389. The standard InChI is InChI=1S/C18H23N5O2S/c1-2-19-18(20-14-15-5-7-16(8-6-15)23(24)25)22-11-9-21(10-12-22)17-4-3-13-26-17/h3-8,13H,2,9-12,14H2,1H3,(H,19,20). The summed E-state index contributed by atoms with van der Waals surface area (Å²) in [4.78, 5) is 19.8. The van der Waals surface area contributed by atoms with E-state index in [9.17, 15) is 10.1 Å². The molecule has 0 unspecified atom stereocenters. The van der Waals surface area contributed by atoms with Crippen LogP contribution in [0.3, 0.4) is 0 Å². The van der Waals surface area contributed by atoms with E-state index in [0.29, 0.717) is 6.54 Å². The van der Waals surface area contributed by atoms with Gasteiger partial charge in [-0.25, -0.2) is 4.99 Å². The number of anilines is 1. The summed E-state index contributed by atoms with van der Waals surface area (Å²) >= 11 is 1.77. The molecule has 3 rings (SSSR count).